The Hall–Kier alpha value is -3.73. The Morgan fingerprint density at radius 1 is 0.967 bits per heavy atom. The summed E-state index contributed by atoms with van der Waals surface area (Å²) in [6.45, 7) is 2.03. The lowest BCUT2D eigenvalue weighted by Gasteiger charge is -2.20. The maximum Gasteiger partial charge on any atom is 0.165 e. The molecule has 0 bridgehead atoms. The topological polar surface area (TPSA) is 52.8 Å². The number of methoxy groups -OCH3 is 1. The van der Waals surface area contributed by atoms with Gasteiger partial charge in [0, 0.05) is 17.1 Å². The summed E-state index contributed by atoms with van der Waals surface area (Å²) < 4.78 is 7.32. The van der Waals surface area contributed by atoms with Crippen molar-refractivity contribution in [3.05, 3.63) is 77.6 Å². The molecule has 0 aliphatic heterocycles. The Morgan fingerprint density at radius 2 is 1.80 bits per heavy atom. The van der Waals surface area contributed by atoms with Gasteiger partial charge in [-0.1, -0.05) is 18.2 Å². The first-order valence-electron chi connectivity index (χ1n) is 10.1. The van der Waals surface area contributed by atoms with Gasteiger partial charge in [0.15, 0.2) is 5.65 Å². The number of hydrogen-bond donors (Lipinski definition) is 0. The van der Waals surface area contributed by atoms with Gasteiger partial charge in [-0.25, -0.2) is 14.6 Å². The molecule has 0 unspecified atom stereocenters. The lowest BCUT2D eigenvalue weighted by Crippen LogP contribution is -2.06. The molecule has 0 fully saturated rings. The highest BCUT2D eigenvalue weighted by Gasteiger charge is 2.21. The number of hydrogen-bond acceptors (Lipinski definition) is 4. The maximum absolute atomic E-state index is 5.42. The summed E-state index contributed by atoms with van der Waals surface area (Å²) in [6, 6.07) is 18.6. The van der Waals surface area contributed by atoms with E-state index in [0.717, 1.165) is 57.6 Å². The second-order valence-electron chi connectivity index (χ2n) is 7.75. The van der Waals surface area contributed by atoms with Crippen LogP contribution >= 0.6 is 0 Å². The van der Waals surface area contributed by atoms with E-state index >= 15 is 0 Å². The maximum atomic E-state index is 5.42. The van der Waals surface area contributed by atoms with Gasteiger partial charge in [0.05, 0.1) is 35.1 Å². The Kier molecular flexibility index (Phi) is 3.65. The Labute approximate surface area is 174 Å². The largest absolute Gasteiger partial charge is 0.497 e. The molecule has 1 aliphatic carbocycles. The van der Waals surface area contributed by atoms with Crippen LogP contribution in [-0.4, -0.2) is 26.9 Å². The Morgan fingerprint density at radius 3 is 2.63 bits per heavy atom. The summed E-state index contributed by atoms with van der Waals surface area (Å²) in [6.07, 6.45) is 3.89. The van der Waals surface area contributed by atoms with Crippen molar-refractivity contribution >= 4 is 21.9 Å². The zero-order valence-corrected chi connectivity index (χ0v) is 16.9. The number of fused-ring (bicyclic) bond motifs is 6. The molecular formula is C25H20N4O. The van der Waals surface area contributed by atoms with Crippen LogP contribution < -0.4 is 4.74 Å². The monoisotopic (exact) mass is 392 g/mol. The van der Waals surface area contributed by atoms with E-state index in [9.17, 15) is 0 Å². The number of ether oxygens (including phenoxy) is 1. The predicted molar refractivity (Wildman–Crippen MR) is 118 cm³/mol. The Bertz CT molecular complexity index is 1440. The van der Waals surface area contributed by atoms with Crippen LogP contribution in [0, 0.1) is 6.92 Å². The molecule has 2 aromatic carbocycles. The van der Waals surface area contributed by atoms with Gasteiger partial charge < -0.3 is 4.74 Å². The van der Waals surface area contributed by atoms with Crippen molar-refractivity contribution in [2.45, 2.75) is 19.8 Å². The summed E-state index contributed by atoms with van der Waals surface area (Å²) in [5.41, 5.74) is 8.54. The fourth-order valence-corrected chi connectivity index (χ4v) is 4.49. The van der Waals surface area contributed by atoms with E-state index in [1.165, 1.54) is 16.7 Å². The normalized spacial score (nSPS) is 12.7. The van der Waals surface area contributed by atoms with E-state index in [-0.39, 0.29) is 0 Å². The minimum absolute atomic E-state index is 0.837. The van der Waals surface area contributed by atoms with Crippen molar-refractivity contribution in [3.8, 4) is 22.7 Å². The van der Waals surface area contributed by atoms with E-state index < -0.39 is 0 Å². The second kappa shape index (κ2) is 6.39. The molecule has 1 aliphatic rings. The van der Waals surface area contributed by atoms with Crippen LogP contribution in [0.25, 0.3) is 38.9 Å². The van der Waals surface area contributed by atoms with Gasteiger partial charge in [0.25, 0.3) is 0 Å². The third-order valence-corrected chi connectivity index (χ3v) is 5.96. The number of nitrogens with zero attached hydrogens (tertiary/aromatic N) is 4. The van der Waals surface area contributed by atoms with Gasteiger partial charge in [-0.3, -0.25) is 0 Å². The van der Waals surface area contributed by atoms with Crippen molar-refractivity contribution in [1.29, 1.82) is 0 Å². The third-order valence-electron chi connectivity index (χ3n) is 5.96. The first-order valence-corrected chi connectivity index (χ1v) is 10.1. The van der Waals surface area contributed by atoms with Crippen molar-refractivity contribution in [2.24, 2.45) is 0 Å². The van der Waals surface area contributed by atoms with Crippen LogP contribution in [0.3, 0.4) is 0 Å². The SMILES string of the molecule is COc1ccc2c(c1)CCc1cc3cnc4c(c(C)nn4-c4ccccc4)c3nc1-2. The lowest BCUT2D eigenvalue weighted by molar-refractivity contribution is 0.414. The number of aromatic nitrogens is 4. The molecule has 0 saturated heterocycles. The number of benzene rings is 2. The van der Waals surface area contributed by atoms with Crippen molar-refractivity contribution < 1.29 is 4.74 Å². The van der Waals surface area contributed by atoms with E-state index in [1.54, 1.807) is 7.11 Å². The van der Waals surface area contributed by atoms with Gasteiger partial charge >= 0.3 is 0 Å². The molecule has 0 amide bonds. The third kappa shape index (κ3) is 2.45. The van der Waals surface area contributed by atoms with Crippen molar-refractivity contribution in [3.63, 3.8) is 0 Å². The molecule has 0 N–H and O–H groups in total. The predicted octanol–water partition coefficient (Wildman–Crippen LogP) is 5.05. The lowest BCUT2D eigenvalue weighted by atomic mass is 9.88. The van der Waals surface area contributed by atoms with E-state index in [0.29, 0.717) is 0 Å². The molecule has 0 spiro atoms. The van der Waals surface area contributed by atoms with Gasteiger partial charge in [0.2, 0.25) is 0 Å². The van der Waals surface area contributed by atoms with E-state index in [4.69, 9.17) is 19.8 Å². The van der Waals surface area contributed by atoms with Gasteiger partial charge in [0.1, 0.15) is 5.75 Å². The van der Waals surface area contributed by atoms with Crippen LogP contribution in [0.15, 0.2) is 60.8 Å². The van der Waals surface area contributed by atoms with Crippen LogP contribution in [-0.2, 0) is 12.8 Å². The molecule has 30 heavy (non-hydrogen) atoms. The highest BCUT2D eigenvalue weighted by molar-refractivity contribution is 6.05. The molecule has 6 rings (SSSR count). The van der Waals surface area contributed by atoms with Crippen LogP contribution in [0.5, 0.6) is 5.75 Å². The van der Waals surface area contributed by atoms with Gasteiger partial charge in [-0.15, -0.1) is 0 Å². The molecule has 5 aromatic rings. The molecule has 5 nitrogen and oxygen atoms in total. The molecule has 3 heterocycles. The minimum atomic E-state index is 0.837. The average molecular weight is 392 g/mol. The summed E-state index contributed by atoms with van der Waals surface area (Å²) in [4.78, 5) is 9.94. The fraction of sp³-hybridized carbons (Fsp3) is 0.160. The van der Waals surface area contributed by atoms with Crippen LogP contribution in [0.4, 0.5) is 0 Å². The summed E-state index contributed by atoms with van der Waals surface area (Å²) in [7, 11) is 1.71. The number of pyridine rings is 2. The highest BCUT2D eigenvalue weighted by atomic mass is 16.5. The summed E-state index contributed by atoms with van der Waals surface area (Å²) in [5, 5.41) is 6.86. The van der Waals surface area contributed by atoms with Gasteiger partial charge in [-0.05, 0) is 67.3 Å². The van der Waals surface area contributed by atoms with Crippen molar-refractivity contribution in [2.75, 3.05) is 7.11 Å². The summed E-state index contributed by atoms with van der Waals surface area (Å²) in [5.74, 6) is 0.893. The quantitative estimate of drug-likeness (QED) is 0.422. The molecule has 5 heteroatoms. The first kappa shape index (κ1) is 17.2. The minimum Gasteiger partial charge on any atom is -0.497 e. The first-order chi connectivity index (χ1) is 14.7. The smallest absolute Gasteiger partial charge is 0.165 e. The average Bonchev–Trinajstić information content (AvgIpc) is 3.14. The van der Waals surface area contributed by atoms with Gasteiger partial charge in [-0.2, -0.15) is 5.10 Å². The molecule has 146 valence electrons. The summed E-state index contributed by atoms with van der Waals surface area (Å²) >= 11 is 0. The number of rotatable bonds is 2. The second-order valence-corrected chi connectivity index (χ2v) is 7.75. The standard InChI is InChI=1S/C25H20N4O/c1-15-22-24-18(14-26-25(22)29(28-15)19-6-4-3-5-7-19)12-17-9-8-16-13-20(30-2)10-11-21(16)23(17)27-24/h3-7,10-14H,8-9H2,1-2H3. The molecule has 0 atom stereocenters. The molecule has 0 saturated carbocycles. The van der Waals surface area contributed by atoms with E-state index in [2.05, 4.69) is 18.2 Å². The number of aryl methyl sites for hydroxylation is 3. The van der Waals surface area contributed by atoms with Crippen LogP contribution in [0.2, 0.25) is 0 Å². The zero-order chi connectivity index (χ0) is 20.2. The van der Waals surface area contributed by atoms with Crippen molar-refractivity contribution in [1.82, 2.24) is 19.7 Å². The Balaban J connectivity index is 1.63. The molecular weight excluding hydrogens is 372 g/mol. The van der Waals surface area contributed by atoms with Crippen LogP contribution in [0.1, 0.15) is 16.8 Å². The zero-order valence-electron chi connectivity index (χ0n) is 16.9. The molecule has 3 aromatic heterocycles. The molecule has 0 radical (unpaired) electrons. The highest BCUT2D eigenvalue weighted by Crippen LogP contribution is 2.37. The fourth-order valence-electron chi connectivity index (χ4n) is 4.49. The number of para-hydroxylation sites is 1. The van der Waals surface area contributed by atoms with E-state index in [1.807, 2.05) is 54.2 Å².